The second kappa shape index (κ2) is 10.4. The number of carbonyl (C=O) groups excluding carboxylic acids is 2. The molecule has 0 aromatic heterocycles. The summed E-state index contributed by atoms with van der Waals surface area (Å²) in [7, 11) is 1.64. The standard InChI is InChI=1S/C22H34N2O5/c1-6-7-14-28-20(25)23-17-8-9-19(27-5)18(15-17)16-10-12-24(13-11-16)21(26)29-22(2,3)4/h8-9,15-16H,6-7,10-14H2,1-5H3,(H,23,25). The second-order valence-corrected chi connectivity index (χ2v) is 8.31. The van der Waals surface area contributed by atoms with Gasteiger partial charge in [-0.25, -0.2) is 9.59 Å². The highest BCUT2D eigenvalue weighted by Gasteiger charge is 2.29. The number of ether oxygens (including phenoxy) is 3. The first-order valence-corrected chi connectivity index (χ1v) is 10.3. The van der Waals surface area contributed by atoms with E-state index in [2.05, 4.69) is 5.32 Å². The van der Waals surface area contributed by atoms with Crippen molar-refractivity contribution in [1.29, 1.82) is 0 Å². The Labute approximate surface area is 173 Å². The number of nitrogens with one attached hydrogen (secondary N) is 1. The fourth-order valence-electron chi connectivity index (χ4n) is 3.29. The molecule has 1 aromatic carbocycles. The molecular formula is C22H34N2O5. The predicted molar refractivity (Wildman–Crippen MR) is 113 cm³/mol. The summed E-state index contributed by atoms with van der Waals surface area (Å²) in [6.07, 6.45) is 2.71. The molecule has 1 aromatic rings. The summed E-state index contributed by atoms with van der Waals surface area (Å²) >= 11 is 0. The van der Waals surface area contributed by atoms with Crippen LogP contribution in [0.15, 0.2) is 18.2 Å². The summed E-state index contributed by atoms with van der Waals surface area (Å²) in [6, 6.07) is 5.60. The van der Waals surface area contributed by atoms with Crippen molar-refractivity contribution in [3.8, 4) is 5.75 Å². The van der Waals surface area contributed by atoms with Crippen molar-refractivity contribution in [2.75, 3.05) is 32.1 Å². The molecule has 0 atom stereocenters. The summed E-state index contributed by atoms with van der Waals surface area (Å²) in [6.45, 7) is 9.31. The molecule has 0 spiro atoms. The van der Waals surface area contributed by atoms with Gasteiger partial charge in [-0.15, -0.1) is 0 Å². The van der Waals surface area contributed by atoms with E-state index in [1.54, 1.807) is 18.1 Å². The molecule has 1 saturated heterocycles. The zero-order valence-electron chi connectivity index (χ0n) is 18.2. The maximum absolute atomic E-state index is 12.3. The first-order chi connectivity index (χ1) is 13.7. The molecule has 2 amide bonds. The van der Waals surface area contributed by atoms with E-state index in [0.717, 1.165) is 37.0 Å². The Morgan fingerprint density at radius 1 is 1.21 bits per heavy atom. The molecule has 0 saturated carbocycles. The zero-order valence-corrected chi connectivity index (χ0v) is 18.2. The fourth-order valence-corrected chi connectivity index (χ4v) is 3.29. The number of piperidine rings is 1. The highest BCUT2D eigenvalue weighted by molar-refractivity contribution is 5.85. The van der Waals surface area contributed by atoms with Crippen LogP contribution in [0.4, 0.5) is 15.3 Å². The average Bonchev–Trinajstić information content (AvgIpc) is 2.67. The van der Waals surface area contributed by atoms with Gasteiger partial charge >= 0.3 is 12.2 Å². The number of unbranched alkanes of at least 4 members (excludes halogenated alkanes) is 1. The van der Waals surface area contributed by atoms with E-state index in [-0.39, 0.29) is 12.0 Å². The number of methoxy groups -OCH3 is 1. The van der Waals surface area contributed by atoms with Gasteiger partial charge in [0.25, 0.3) is 0 Å². The molecule has 2 rings (SSSR count). The van der Waals surface area contributed by atoms with Crippen LogP contribution in [-0.4, -0.2) is 49.5 Å². The molecule has 0 unspecified atom stereocenters. The Kier molecular flexibility index (Phi) is 8.17. The molecule has 29 heavy (non-hydrogen) atoms. The minimum Gasteiger partial charge on any atom is -0.496 e. The van der Waals surface area contributed by atoms with Crippen molar-refractivity contribution in [1.82, 2.24) is 4.90 Å². The van der Waals surface area contributed by atoms with Crippen LogP contribution in [0.1, 0.15) is 64.9 Å². The fraction of sp³-hybridized carbons (Fsp3) is 0.636. The lowest BCUT2D eigenvalue weighted by molar-refractivity contribution is 0.0204. The Bertz CT molecular complexity index is 691. The topological polar surface area (TPSA) is 77.1 Å². The SMILES string of the molecule is CCCCOC(=O)Nc1ccc(OC)c(C2CCN(C(=O)OC(C)(C)C)CC2)c1. The zero-order chi connectivity index (χ0) is 21.4. The molecule has 1 N–H and O–H groups in total. The van der Waals surface area contributed by atoms with Crippen LogP contribution in [0.5, 0.6) is 5.75 Å². The van der Waals surface area contributed by atoms with Gasteiger partial charge in [-0.3, -0.25) is 5.32 Å². The monoisotopic (exact) mass is 406 g/mol. The van der Waals surface area contributed by atoms with E-state index in [1.807, 2.05) is 39.8 Å². The van der Waals surface area contributed by atoms with Crippen LogP contribution in [0.25, 0.3) is 0 Å². The van der Waals surface area contributed by atoms with Gasteiger partial charge in [0.15, 0.2) is 0 Å². The van der Waals surface area contributed by atoms with Gasteiger partial charge in [0.2, 0.25) is 0 Å². The van der Waals surface area contributed by atoms with Gasteiger partial charge in [0.05, 0.1) is 13.7 Å². The van der Waals surface area contributed by atoms with Gasteiger partial charge in [-0.1, -0.05) is 13.3 Å². The Morgan fingerprint density at radius 2 is 1.90 bits per heavy atom. The third-order valence-corrected chi connectivity index (χ3v) is 4.79. The van der Waals surface area contributed by atoms with E-state index in [9.17, 15) is 9.59 Å². The van der Waals surface area contributed by atoms with Gasteiger partial charge in [-0.05, 0) is 69.7 Å². The van der Waals surface area contributed by atoms with Gasteiger partial charge in [0.1, 0.15) is 11.4 Å². The van der Waals surface area contributed by atoms with Crippen LogP contribution in [0, 0.1) is 0 Å². The first kappa shape index (κ1) is 22.8. The third kappa shape index (κ3) is 7.15. The van der Waals surface area contributed by atoms with Gasteiger partial charge in [-0.2, -0.15) is 0 Å². The summed E-state index contributed by atoms with van der Waals surface area (Å²) in [5.74, 6) is 1.02. The van der Waals surface area contributed by atoms with Gasteiger partial charge in [0, 0.05) is 18.8 Å². The second-order valence-electron chi connectivity index (χ2n) is 8.31. The van der Waals surface area contributed by atoms with Crippen LogP contribution in [0.3, 0.4) is 0 Å². The molecule has 1 fully saturated rings. The number of anilines is 1. The van der Waals surface area contributed by atoms with E-state index < -0.39 is 11.7 Å². The Hall–Kier alpha value is -2.44. The van der Waals surface area contributed by atoms with E-state index in [4.69, 9.17) is 14.2 Å². The highest BCUT2D eigenvalue weighted by Crippen LogP contribution is 2.36. The molecule has 1 heterocycles. The lowest BCUT2D eigenvalue weighted by Crippen LogP contribution is -2.41. The minimum absolute atomic E-state index is 0.237. The van der Waals surface area contributed by atoms with Crippen molar-refractivity contribution in [3.63, 3.8) is 0 Å². The van der Waals surface area contributed by atoms with Crippen LogP contribution in [-0.2, 0) is 9.47 Å². The van der Waals surface area contributed by atoms with Crippen molar-refractivity contribution in [3.05, 3.63) is 23.8 Å². The first-order valence-electron chi connectivity index (χ1n) is 10.3. The minimum atomic E-state index is -0.497. The molecule has 0 bridgehead atoms. The normalized spacial score (nSPS) is 15.0. The molecule has 7 nitrogen and oxygen atoms in total. The Morgan fingerprint density at radius 3 is 2.48 bits per heavy atom. The van der Waals surface area contributed by atoms with Crippen LogP contribution >= 0.6 is 0 Å². The molecule has 0 aliphatic carbocycles. The number of benzene rings is 1. The lowest BCUT2D eigenvalue weighted by atomic mass is 9.88. The van der Waals surface area contributed by atoms with Crippen molar-refractivity contribution in [2.45, 2.75) is 64.9 Å². The number of likely N-dealkylation sites (tertiary alicyclic amines) is 1. The molecule has 0 radical (unpaired) electrons. The summed E-state index contributed by atoms with van der Waals surface area (Å²) < 4.78 is 16.2. The molecule has 162 valence electrons. The quantitative estimate of drug-likeness (QED) is 0.661. The smallest absolute Gasteiger partial charge is 0.411 e. The van der Waals surface area contributed by atoms with Crippen molar-refractivity contribution >= 4 is 17.9 Å². The molecule has 1 aliphatic heterocycles. The molecule has 1 aliphatic rings. The van der Waals surface area contributed by atoms with Crippen molar-refractivity contribution in [2.24, 2.45) is 0 Å². The molecular weight excluding hydrogens is 372 g/mol. The number of hydrogen-bond donors (Lipinski definition) is 1. The highest BCUT2D eigenvalue weighted by atomic mass is 16.6. The summed E-state index contributed by atoms with van der Waals surface area (Å²) in [5.41, 5.74) is 1.21. The number of amides is 2. The molecule has 7 heteroatoms. The average molecular weight is 407 g/mol. The van der Waals surface area contributed by atoms with E-state index >= 15 is 0 Å². The third-order valence-electron chi connectivity index (χ3n) is 4.79. The van der Waals surface area contributed by atoms with Gasteiger partial charge < -0.3 is 19.1 Å². The summed E-state index contributed by atoms with van der Waals surface area (Å²) in [4.78, 5) is 26.0. The Balaban J connectivity index is 2.00. The number of hydrogen-bond acceptors (Lipinski definition) is 5. The number of carbonyl (C=O) groups is 2. The van der Waals surface area contributed by atoms with Crippen molar-refractivity contribution < 1.29 is 23.8 Å². The predicted octanol–water partition coefficient (Wildman–Crippen LogP) is 5.16. The summed E-state index contributed by atoms with van der Waals surface area (Å²) in [5, 5.41) is 2.78. The number of rotatable bonds is 6. The largest absolute Gasteiger partial charge is 0.496 e. The van der Waals surface area contributed by atoms with Crippen LogP contribution < -0.4 is 10.1 Å². The maximum Gasteiger partial charge on any atom is 0.411 e. The lowest BCUT2D eigenvalue weighted by Gasteiger charge is -2.34. The number of nitrogens with zero attached hydrogens (tertiary/aromatic N) is 1. The van der Waals surface area contributed by atoms with E-state index in [0.29, 0.717) is 25.4 Å². The van der Waals surface area contributed by atoms with E-state index in [1.165, 1.54) is 0 Å². The van der Waals surface area contributed by atoms with Crippen LogP contribution in [0.2, 0.25) is 0 Å². The maximum atomic E-state index is 12.3.